The molecule has 4 aromatic rings. The molecule has 0 saturated heterocycles. The maximum Gasteiger partial charge on any atom is 0.244 e. The second-order valence-electron chi connectivity index (χ2n) is 9.56. The maximum absolute atomic E-state index is 14.0. The first-order valence-corrected chi connectivity index (χ1v) is 15.1. The lowest BCUT2D eigenvalue weighted by Crippen LogP contribution is -2.47. The molecular formula is C30H32N2O4S2. The monoisotopic (exact) mass is 548 g/mol. The first-order chi connectivity index (χ1) is 18.4. The van der Waals surface area contributed by atoms with Gasteiger partial charge in [-0.2, -0.15) is 4.31 Å². The molecule has 1 aromatic heterocycles. The average molecular weight is 549 g/mol. The van der Waals surface area contributed by atoms with Gasteiger partial charge in [-0.3, -0.25) is 4.79 Å². The first kappa shape index (κ1) is 26.6. The zero-order chi connectivity index (χ0) is 26.7. The van der Waals surface area contributed by atoms with E-state index in [0.717, 1.165) is 28.5 Å². The molecule has 1 amide bonds. The van der Waals surface area contributed by atoms with Crippen LogP contribution in [0.3, 0.4) is 0 Å². The Bertz CT molecular complexity index is 1540. The van der Waals surface area contributed by atoms with Gasteiger partial charge < -0.3 is 9.64 Å². The van der Waals surface area contributed by atoms with Crippen molar-refractivity contribution < 1.29 is 17.9 Å². The Morgan fingerprint density at radius 3 is 2.61 bits per heavy atom. The van der Waals surface area contributed by atoms with Crippen molar-refractivity contribution in [2.24, 2.45) is 0 Å². The van der Waals surface area contributed by atoms with Crippen molar-refractivity contribution in [3.63, 3.8) is 0 Å². The van der Waals surface area contributed by atoms with E-state index >= 15 is 0 Å². The van der Waals surface area contributed by atoms with E-state index in [1.807, 2.05) is 47.4 Å². The van der Waals surface area contributed by atoms with E-state index in [-0.39, 0.29) is 29.9 Å². The molecule has 0 N–H and O–H groups in total. The molecule has 0 radical (unpaired) electrons. The summed E-state index contributed by atoms with van der Waals surface area (Å²) in [7, 11) is -2.36. The van der Waals surface area contributed by atoms with E-state index in [1.165, 1.54) is 9.18 Å². The number of amides is 1. The Morgan fingerprint density at radius 2 is 1.79 bits per heavy atom. The van der Waals surface area contributed by atoms with Crippen molar-refractivity contribution in [2.75, 3.05) is 33.4 Å². The molecule has 6 nitrogen and oxygen atoms in total. The van der Waals surface area contributed by atoms with Crippen LogP contribution in [0, 0.1) is 6.92 Å². The van der Waals surface area contributed by atoms with Crippen LogP contribution in [0.15, 0.2) is 83.1 Å². The Balaban J connectivity index is 1.50. The topological polar surface area (TPSA) is 66.9 Å². The highest BCUT2D eigenvalue weighted by atomic mass is 32.2. The van der Waals surface area contributed by atoms with Gasteiger partial charge in [-0.05, 0) is 59.4 Å². The van der Waals surface area contributed by atoms with Crippen LogP contribution >= 0.6 is 11.3 Å². The molecule has 1 aliphatic rings. The van der Waals surface area contributed by atoms with Gasteiger partial charge in [0.25, 0.3) is 0 Å². The minimum Gasteiger partial charge on any atom is -0.385 e. The maximum atomic E-state index is 14.0. The quantitative estimate of drug-likeness (QED) is 0.262. The molecule has 1 aliphatic heterocycles. The van der Waals surface area contributed by atoms with E-state index in [2.05, 4.69) is 30.5 Å². The molecule has 2 heterocycles. The molecule has 5 rings (SSSR count). The third kappa shape index (κ3) is 5.14. The molecule has 0 spiro atoms. The van der Waals surface area contributed by atoms with E-state index in [0.29, 0.717) is 25.0 Å². The van der Waals surface area contributed by atoms with Gasteiger partial charge in [0.1, 0.15) is 0 Å². The van der Waals surface area contributed by atoms with Crippen LogP contribution in [0.4, 0.5) is 0 Å². The summed E-state index contributed by atoms with van der Waals surface area (Å²) in [5.74, 6) is -0.198. The highest BCUT2D eigenvalue weighted by Crippen LogP contribution is 2.39. The second kappa shape index (κ2) is 11.4. The molecule has 38 heavy (non-hydrogen) atoms. The van der Waals surface area contributed by atoms with E-state index in [9.17, 15) is 13.2 Å². The predicted octanol–water partition coefficient (Wildman–Crippen LogP) is 5.41. The largest absolute Gasteiger partial charge is 0.385 e. The van der Waals surface area contributed by atoms with Crippen molar-refractivity contribution in [1.82, 2.24) is 9.21 Å². The van der Waals surface area contributed by atoms with Gasteiger partial charge in [0.15, 0.2) is 0 Å². The van der Waals surface area contributed by atoms with Crippen molar-refractivity contribution in [2.45, 2.75) is 30.7 Å². The molecule has 0 bridgehead atoms. The lowest BCUT2D eigenvalue weighted by molar-refractivity contribution is -0.133. The Labute approximate surface area is 228 Å². The van der Waals surface area contributed by atoms with Crippen molar-refractivity contribution in [1.29, 1.82) is 0 Å². The lowest BCUT2D eigenvalue weighted by Gasteiger charge is -2.38. The molecular weight excluding hydrogens is 516 g/mol. The average Bonchev–Trinajstić information content (AvgIpc) is 3.41. The number of hydrogen-bond acceptors (Lipinski definition) is 5. The van der Waals surface area contributed by atoms with Gasteiger partial charge in [-0.25, -0.2) is 8.42 Å². The van der Waals surface area contributed by atoms with Gasteiger partial charge >= 0.3 is 0 Å². The number of benzene rings is 3. The summed E-state index contributed by atoms with van der Waals surface area (Å²) < 4.78 is 34.6. The predicted molar refractivity (Wildman–Crippen MR) is 152 cm³/mol. The van der Waals surface area contributed by atoms with Crippen molar-refractivity contribution in [3.05, 3.63) is 99.7 Å². The Kier molecular flexibility index (Phi) is 7.95. The fourth-order valence-electron chi connectivity index (χ4n) is 5.28. The van der Waals surface area contributed by atoms with E-state index in [1.54, 1.807) is 30.6 Å². The molecule has 0 saturated carbocycles. The number of fused-ring (bicyclic) bond motifs is 2. The minimum atomic E-state index is -3.95. The standard InChI is InChI=1S/C30H32N2O4S2/c1-22-9-3-5-12-24(22)30-26-16-20-37-27(26)15-18-32(30)29(33)21-31(17-8-19-36-2)38(34,35)28-14-7-11-23-10-4-6-13-25(23)28/h3-7,9-14,16,20,30H,8,15,17-19,21H2,1-2H3/t30-/m0/s1. The number of thiophene rings is 1. The molecule has 1 atom stereocenters. The van der Waals surface area contributed by atoms with Gasteiger partial charge in [0.2, 0.25) is 15.9 Å². The van der Waals surface area contributed by atoms with Crippen LogP contribution in [0.2, 0.25) is 0 Å². The second-order valence-corrected chi connectivity index (χ2v) is 12.5. The van der Waals surface area contributed by atoms with Crippen LogP contribution in [-0.4, -0.2) is 56.9 Å². The summed E-state index contributed by atoms with van der Waals surface area (Å²) in [6.45, 7) is 2.98. The molecule has 0 fully saturated rings. The van der Waals surface area contributed by atoms with Crippen molar-refractivity contribution in [3.8, 4) is 0 Å². The zero-order valence-electron chi connectivity index (χ0n) is 21.7. The van der Waals surface area contributed by atoms with Gasteiger partial charge in [0.05, 0.1) is 17.5 Å². The normalized spacial score (nSPS) is 15.7. The summed E-state index contributed by atoms with van der Waals surface area (Å²) in [6, 6.07) is 22.7. The lowest BCUT2D eigenvalue weighted by atomic mass is 9.90. The highest BCUT2D eigenvalue weighted by molar-refractivity contribution is 7.89. The number of methoxy groups -OCH3 is 1. The number of hydrogen-bond donors (Lipinski definition) is 0. The van der Waals surface area contributed by atoms with Gasteiger partial charge in [0, 0.05) is 37.1 Å². The number of ether oxygens (including phenoxy) is 1. The molecule has 198 valence electrons. The number of rotatable bonds is 9. The number of carbonyl (C=O) groups is 1. The molecule has 0 unspecified atom stereocenters. The van der Waals surface area contributed by atoms with Crippen LogP contribution in [-0.2, 0) is 26.0 Å². The van der Waals surface area contributed by atoms with Crippen LogP contribution in [0.25, 0.3) is 10.8 Å². The van der Waals surface area contributed by atoms with Gasteiger partial charge in [-0.15, -0.1) is 11.3 Å². The first-order valence-electron chi connectivity index (χ1n) is 12.8. The SMILES string of the molecule is COCCCN(CC(=O)N1CCc2sccc2[C@@H]1c1ccccc1C)S(=O)(=O)c1cccc2ccccc12. The van der Waals surface area contributed by atoms with Crippen molar-refractivity contribution >= 4 is 38.0 Å². The van der Waals surface area contributed by atoms with Crippen LogP contribution in [0.1, 0.15) is 34.0 Å². The number of nitrogens with zero attached hydrogens (tertiary/aromatic N) is 2. The Hall–Kier alpha value is -3.04. The fourth-order valence-corrected chi connectivity index (χ4v) is 7.83. The smallest absolute Gasteiger partial charge is 0.244 e. The minimum absolute atomic E-state index is 0.192. The fraction of sp³-hybridized carbons (Fsp3) is 0.300. The zero-order valence-corrected chi connectivity index (χ0v) is 23.3. The van der Waals surface area contributed by atoms with Gasteiger partial charge in [-0.1, -0.05) is 60.7 Å². The number of aryl methyl sites for hydroxylation is 1. The summed E-state index contributed by atoms with van der Waals surface area (Å²) in [6.07, 6.45) is 1.25. The number of carbonyl (C=O) groups excluding carboxylic acids is 1. The molecule has 3 aromatic carbocycles. The number of sulfonamides is 1. The van der Waals surface area contributed by atoms with Crippen LogP contribution in [0.5, 0.6) is 0 Å². The molecule has 8 heteroatoms. The van der Waals surface area contributed by atoms with E-state index in [4.69, 9.17) is 4.74 Å². The summed E-state index contributed by atoms with van der Waals surface area (Å²) in [5.41, 5.74) is 3.31. The third-order valence-corrected chi connectivity index (χ3v) is 10.1. The highest BCUT2D eigenvalue weighted by Gasteiger charge is 2.36. The summed E-state index contributed by atoms with van der Waals surface area (Å²) in [5, 5.41) is 3.57. The summed E-state index contributed by atoms with van der Waals surface area (Å²) >= 11 is 1.72. The third-order valence-electron chi connectivity index (χ3n) is 7.20. The van der Waals surface area contributed by atoms with Crippen LogP contribution < -0.4 is 0 Å². The molecule has 0 aliphatic carbocycles. The summed E-state index contributed by atoms with van der Waals surface area (Å²) in [4.78, 5) is 17.4. The Morgan fingerprint density at radius 1 is 1.03 bits per heavy atom. The van der Waals surface area contributed by atoms with E-state index < -0.39 is 10.0 Å².